The molecule has 144 valence electrons. The first-order valence-electron chi connectivity index (χ1n) is 8.78. The molecular formula is C18H28N4O4. The second kappa shape index (κ2) is 8.35. The minimum Gasteiger partial charge on any atom is -0.466 e. The Balaban J connectivity index is 1.81. The van der Waals surface area contributed by atoms with Crippen LogP contribution in [0, 0.1) is 13.8 Å². The van der Waals surface area contributed by atoms with Crippen molar-refractivity contribution in [3.63, 3.8) is 0 Å². The lowest BCUT2D eigenvalue weighted by Crippen LogP contribution is -2.53. The number of carbonyl (C=O) groups excluding carboxylic acids is 3. The molecule has 1 aliphatic heterocycles. The van der Waals surface area contributed by atoms with Crippen LogP contribution in [0.1, 0.15) is 28.8 Å². The van der Waals surface area contributed by atoms with E-state index in [1.807, 2.05) is 11.8 Å². The molecule has 2 rings (SSSR count). The molecule has 1 aliphatic rings. The molecule has 0 aliphatic carbocycles. The lowest BCUT2D eigenvalue weighted by molar-refractivity contribution is -0.134. The maximum atomic E-state index is 12.6. The quantitative estimate of drug-likeness (QED) is 0.809. The SMILES string of the molecule is Cc1cc(C(=O)N2CCN(CC(=O)NC(C)C(=O)N(C)C)CC2)c(C)o1. The van der Waals surface area contributed by atoms with Gasteiger partial charge in [-0.15, -0.1) is 0 Å². The van der Waals surface area contributed by atoms with Crippen molar-refractivity contribution in [3.05, 3.63) is 23.2 Å². The van der Waals surface area contributed by atoms with Gasteiger partial charge in [-0.1, -0.05) is 0 Å². The minimum atomic E-state index is -0.548. The van der Waals surface area contributed by atoms with Crippen molar-refractivity contribution >= 4 is 17.7 Å². The van der Waals surface area contributed by atoms with E-state index in [4.69, 9.17) is 4.42 Å². The molecule has 1 saturated heterocycles. The van der Waals surface area contributed by atoms with Crippen LogP contribution in [0.25, 0.3) is 0 Å². The maximum Gasteiger partial charge on any atom is 0.257 e. The average molecular weight is 364 g/mol. The van der Waals surface area contributed by atoms with Crippen LogP contribution in [-0.2, 0) is 9.59 Å². The predicted octanol–water partition coefficient (Wildman–Crippen LogP) is 0.247. The van der Waals surface area contributed by atoms with E-state index in [-0.39, 0.29) is 24.3 Å². The van der Waals surface area contributed by atoms with Gasteiger partial charge < -0.3 is 19.5 Å². The summed E-state index contributed by atoms with van der Waals surface area (Å²) in [5, 5.41) is 2.71. The van der Waals surface area contributed by atoms with E-state index >= 15 is 0 Å². The fraction of sp³-hybridized carbons (Fsp3) is 0.611. The Morgan fingerprint density at radius 1 is 1.19 bits per heavy atom. The summed E-state index contributed by atoms with van der Waals surface area (Å²) >= 11 is 0. The molecule has 1 fully saturated rings. The van der Waals surface area contributed by atoms with Crippen molar-refractivity contribution in [2.45, 2.75) is 26.8 Å². The average Bonchev–Trinajstić information content (AvgIpc) is 2.92. The second-order valence-corrected chi connectivity index (χ2v) is 6.92. The highest BCUT2D eigenvalue weighted by Gasteiger charge is 2.26. The molecule has 0 saturated carbocycles. The first kappa shape index (κ1) is 20.0. The molecule has 8 nitrogen and oxygen atoms in total. The van der Waals surface area contributed by atoms with E-state index in [1.165, 1.54) is 4.90 Å². The maximum absolute atomic E-state index is 12.6. The lowest BCUT2D eigenvalue weighted by atomic mass is 10.2. The van der Waals surface area contributed by atoms with E-state index in [9.17, 15) is 14.4 Å². The molecule has 3 amide bonds. The van der Waals surface area contributed by atoms with Crippen molar-refractivity contribution in [3.8, 4) is 0 Å². The highest BCUT2D eigenvalue weighted by molar-refractivity contribution is 5.95. The van der Waals surface area contributed by atoms with Crippen molar-refractivity contribution in [1.29, 1.82) is 0 Å². The highest BCUT2D eigenvalue weighted by atomic mass is 16.3. The van der Waals surface area contributed by atoms with E-state index in [2.05, 4.69) is 5.32 Å². The third kappa shape index (κ3) is 4.85. The number of hydrogen-bond acceptors (Lipinski definition) is 5. The Labute approximate surface area is 154 Å². The van der Waals surface area contributed by atoms with Gasteiger partial charge in [-0.25, -0.2) is 0 Å². The molecular weight excluding hydrogens is 336 g/mol. The Hall–Kier alpha value is -2.35. The second-order valence-electron chi connectivity index (χ2n) is 6.92. The molecule has 1 aromatic rings. The molecule has 26 heavy (non-hydrogen) atoms. The van der Waals surface area contributed by atoms with E-state index in [1.54, 1.807) is 38.9 Å². The smallest absolute Gasteiger partial charge is 0.257 e. The Morgan fingerprint density at radius 2 is 1.81 bits per heavy atom. The predicted molar refractivity (Wildman–Crippen MR) is 96.8 cm³/mol. The highest BCUT2D eigenvalue weighted by Crippen LogP contribution is 2.17. The van der Waals surface area contributed by atoms with Crippen LogP contribution in [0.3, 0.4) is 0 Å². The van der Waals surface area contributed by atoms with E-state index in [0.29, 0.717) is 37.5 Å². The fourth-order valence-corrected chi connectivity index (χ4v) is 3.06. The number of furan rings is 1. The molecule has 2 heterocycles. The number of carbonyl (C=O) groups is 3. The Bertz CT molecular complexity index is 675. The van der Waals surface area contributed by atoms with Crippen LogP contribution in [0.15, 0.2) is 10.5 Å². The van der Waals surface area contributed by atoms with Gasteiger partial charge in [0.1, 0.15) is 17.6 Å². The topological polar surface area (TPSA) is 86.1 Å². The number of hydrogen-bond donors (Lipinski definition) is 1. The number of piperazine rings is 1. The molecule has 0 spiro atoms. The molecule has 0 aromatic carbocycles. The van der Waals surface area contributed by atoms with Gasteiger partial charge in [0.25, 0.3) is 5.91 Å². The van der Waals surface area contributed by atoms with Gasteiger partial charge in [-0.05, 0) is 26.8 Å². The van der Waals surface area contributed by atoms with E-state index < -0.39 is 6.04 Å². The van der Waals surface area contributed by atoms with Crippen molar-refractivity contribution in [2.75, 3.05) is 46.8 Å². The summed E-state index contributed by atoms with van der Waals surface area (Å²) in [6.07, 6.45) is 0. The summed E-state index contributed by atoms with van der Waals surface area (Å²) in [6, 6.07) is 1.22. The van der Waals surface area contributed by atoms with Crippen LogP contribution in [0.5, 0.6) is 0 Å². The zero-order chi connectivity index (χ0) is 19.4. The first-order valence-corrected chi connectivity index (χ1v) is 8.78. The number of likely N-dealkylation sites (N-methyl/N-ethyl adjacent to an activating group) is 1. The van der Waals surface area contributed by atoms with Gasteiger partial charge in [-0.2, -0.15) is 0 Å². The zero-order valence-electron chi connectivity index (χ0n) is 16.2. The molecule has 1 unspecified atom stereocenters. The summed E-state index contributed by atoms with van der Waals surface area (Å²) in [7, 11) is 3.31. The normalized spacial score (nSPS) is 16.3. The number of rotatable bonds is 5. The van der Waals surface area contributed by atoms with Crippen molar-refractivity contribution in [1.82, 2.24) is 20.0 Å². The van der Waals surface area contributed by atoms with Crippen LogP contribution in [0.4, 0.5) is 0 Å². The summed E-state index contributed by atoms with van der Waals surface area (Å²) < 4.78 is 5.43. The first-order chi connectivity index (χ1) is 12.2. The summed E-state index contributed by atoms with van der Waals surface area (Å²) in [6.45, 7) is 7.85. The molecule has 1 N–H and O–H groups in total. The minimum absolute atomic E-state index is 0.0337. The lowest BCUT2D eigenvalue weighted by Gasteiger charge is -2.34. The molecule has 8 heteroatoms. The largest absolute Gasteiger partial charge is 0.466 e. The fourth-order valence-electron chi connectivity index (χ4n) is 3.06. The monoisotopic (exact) mass is 364 g/mol. The molecule has 1 aromatic heterocycles. The number of nitrogens with zero attached hydrogens (tertiary/aromatic N) is 3. The van der Waals surface area contributed by atoms with Crippen LogP contribution in [0.2, 0.25) is 0 Å². The zero-order valence-corrected chi connectivity index (χ0v) is 16.2. The summed E-state index contributed by atoms with van der Waals surface area (Å²) in [4.78, 5) is 41.7. The van der Waals surface area contributed by atoms with Gasteiger partial charge in [0.15, 0.2) is 0 Å². The summed E-state index contributed by atoms with van der Waals surface area (Å²) in [5.74, 6) is 0.998. The van der Waals surface area contributed by atoms with Gasteiger partial charge in [-0.3, -0.25) is 19.3 Å². The van der Waals surface area contributed by atoms with Gasteiger partial charge >= 0.3 is 0 Å². The van der Waals surface area contributed by atoms with Crippen LogP contribution >= 0.6 is 0 Å². The number of aryl methyl sites for hydroxylation is 2. The molecule has 0 bridgehead atoms. The number of nitrogens with one attached hydrogen (secondary N) is 1. The third-order valence-corrected chi connectivity index (χ3v) is 4.49. The van der Waals surface area contributed by atoms with Crippen molar-refractivity contribution in [2.24, 2.45) is 0 Å². The Morgan fingerprint density at radius 3 is 2.31 bits per heavy atom. The van der Waals surface area contributed by atoms with Crippen LogP contribution < -0.4 is 5.32 Å². The summed E-state index contributed by atoms with van der Waals surface area (Å²) in [5.41, 5.74) is 0.602. The Kier molecular flexibility index (Phi) is 6.42. The third-order valence-electron chi connectivity index (χ3n) is 4.49. The van der Waals surface area contributed by atoms with Gasteiger partial charge in [0.05, 0.1) is 12.1 Å². The standard InChI is InChI=1S/C18H28N4O4/c1-12-10-15(14(3)26-12)18(25)22-8-6-21(7-9-22)11-16(23)19-13(2)17(24)20(4)5/h10,13H,6-9,11H2,1-5H3,(H,19,23). The van der Waals surface area contributed by atoms with Gasteiger partial charge in [0, 0.05) is 40.3 Å². The molecule has 1 atom stereocenters. The number of amides is 3. The molecule has 0 radical (unpaired) electrons. The van der Waals surface area contributed by atoms with Gasteiger partial charge in [0.2, 0.25) is 11.8 Å². The van der Waals surface area contributed by atoms with E-state index in [0.717, 1.165) is 5.76 Å². The van der Waals surface area contributed by atoms with Crippen LogP contribution in [-0.4, -0.2) is 85.3 Å². The van der Waals surface area contributed by atoms with Crippen molar-refractivity contribution < 1.29 is 18.8 Å².